The minimum Gasteiger partial charge on any atom is -0.484 e. The molecular weight excluding hydrogens is 444 g/mol. The molecule has 0 atom stereocenters. The van der Waals surface area contributed by atoms with Crippen molar-refractivity contribution < 1.29 is 19.2 Å². The van der Waals surface area contributed by atoms with Crippen LogP contribution in [0.25, 0.3) is 0 Å². The maximum Gasteiger partial charge on any atom is 0.292 e. The maximum atomic E-state index is 12.1. The summed E-state index contributed by atoms with van der Waals surface area (Å²) >= 11 is 3.38. The van der Waals surface area contributed by atoms with Crippen LogP contribution in [0.15, 0.2) is 52.0 Å². The first-order valence-electron chi connectivity index (χ1n) is 8.50. The smallest absolute Gasteiger partial charge is 0.292 e. The van der Waals surface area contributed by atoms with Gasteiger partial charge in [0.25, 0.3) is 11.6 Å². The van der Waals surface area contributed by atoms with Crippen LogP contribution in [-0.2, 0) is 9.59 Å². The third-order valence-electron chi connectivity index (χ3n) is 3.66. The molecule has 0 saturated carbocycles. The zero-order valence-electron chi connectivity index (χ0n) is 15.8. The van der Waals surface area contributed by atoms with Crippen molar-refractivity contribution in [2.75, 3.05) is 11.9 Å². The highest BCUT2D eigenvalue weighted by Crippen LogP contribution is 2.23. The van der Waals surface area contributed by atoms with Gasteiger partial charge >= 0.3 is 0 Å². The van der Waals surface area contributed by atoms with E-state index in [-0.39, 0.29) is 24.4 Å². The fourth-order valence-electron chi connectivity index (χ4n) is 2.25. The van der Waals surface area contributed by atoms with Crippen LogP contribution in [0.2, 0.25) is 0 Å². The second-order valence-corrected chi connectivity index (χ2v) is 6.94. The SMILES string of the molecule is C/C(CC(=O)Nc1ccccc1[N+](=O)[O-])=N\NC(=O)COc1ccc(Br)c(C)c1. The van der Waals surface area contributed by atoms with Crippen LogP contribution in [0.5, 0.6) is 5.75 Å². The van der Waals surface area contributed by atoms with Crippen molar-refractivity contribution >= 4 is 44.8 Å². The number of hydrazone groups is 1. The lowest BCUT2D eigenvalue weighted by atomic mass is 10.2. The standard InChI is InChI=1S/C19H19BrN4O5/c1-12-9-14(7-8-15(12)20)29-11-19(26)23-22-13(2)10-18(25)21-16-5-3-4-6-17(16)24(27)28/h3-9H,10-11H2,1-2H3,(H,21,25)(H,23,26)/b22-13+. The molecule has 0 heterocycles. The number of nitro benzene ring substituents is 1. The number of halogens is 1. The van der Waals surface area contributed by atoms with E-state index in [1.54, 1.807) is 25.1 Å². The number of para-hydroxylation sites is 2. The number of nitro groups is 1. The number of amides is 2. The second-order valence-electron chi connectivity index (χ2n) is 6.08. The Labute approximate surface area is 175 Å². The highest BCUT2D eigenvalue weighted by molar-refractivity contribution is 9.10. The Morgan fingerprint density at radius 1 is 1.21 bits per heavy atom. The Kier molecular flexibility index (Phi) is 7.84. The number of hydrogen-bond donors (Lipinski definition) is 2. The van der Waals surface area contributed by atoms with Crippen molar-refractivity contribution in [2.24, 2.45) is 5.10 Å². The van der Waals surface area contributed by atoms with Crippen LogP contribution in [0.3, 0.4) is 0 Å². The van der Waals surface area contributed by atoms with Gasteiger partial charge in [0.2, 0.25) is 5.91 Å². The summed E-state index contributed by atoms with van der Waals surface area (Å²) in [5.41, 5.74) is 3.50. The molecule has 0 radical (unpaired) electrons. The van der Waals surface area contributed by atoms with Crippen molar-refractivity contribution in [2.45, 2.75) is 20.3 Å². The van der Waals surface area contributed by atoms with E-state index < -0.39 is 16.7 Å². The molecule has 29 heavy (non-hydrogen) atoms. The van der Waals surface area contributed by atoms with E-state index in [1.807, 2.05) is 13.0 Å². The zero-order chi connectivity index (χ0) is 21.4. The maximum absolute atomic E-state index is 12.1. The van der Waals surface area contributed by atoms with E-state index in [4.69, 9.17) is 4.74 Å². The summed E-state index contributed by atoms with van der Waals surface area (Å²) in [6.45, 7) is 3.22. The van der Waals surface area contributed by atoms with Gasteiger partial charge in [-0.3, -0.25) is 19.7 Å². The van der Waals surface area contributed by atoms with Gasteiger partial charge in [-0.2, -0.15) is 5.10 Å². The highest BCUT2D eigenvalue weighted by Gasteiger charge is 2.15. The lowest BCUT2D eigenvalue weighted by Crippen LogP contribution is -2.26. The summed E-state index contributed by atoms with van der Waals surface area (Å²) in [6, 6.07) is 11.2. The van der Waals surface area contributed by atoms with Crippen LogP contribution in [-0.4, -0.2) is 29.1 Å². The molecule has 0 aliphatic carbocycles. The topological polar surface area (TPSA) is 123 Å². The summed E-state index contributed by atoms with van der Waals surface area (Å²) in [7, 11) is 0. The van der Waals surface area contributed by atoms with Gasteiger partial charge in [0.1, 0.15) is 11.4 Å². The van der Waals surface area contributed by atoms with Crippen LogP contribution in [0, 0.1) is 17.0 Å². The molecule has 0 spiro atoms. The predicted molar refractivity (Wildman–Crippen MR) is 112 cm³/mol. The van der Waals surface area contributed by atoms with Crippen molar-refractivity contribution in [3.05, 3.63) is 62.6 Å². The molecule has 0 unspecified atom stereocenters. The number of carbonyl (C=O) groups is 2. The first-order chi connectivity index (χ1) is 13.8. The van der Waals surface area contributed by atoms with Gasteiger partial charge in [-0.25, -0.2) is 5.43 Å². The molecule has 0 fully saturated rings. The first-order valence-corrected chi connectivity index (χ1v) is 9.30. The molecule has 9 nitrogen and oxygen atoms in total. The molecular formula is C19H19BrN4O5. The molecule has 152 valence electrons. The summed E-state index contributed by atoms with van der Waals surface area (Å²) in [5, 5.41) is 17.3. The van der Waals surface area contributed by atoms with Crippen LogP contribution in [0.1, 0.15) is 18.9 Å². The Morgan fingerprint density at radius 3 is 2.62 bits per heavy atom. The molecule has 2 rings (SSSR count). The van der Waals surface area contributed by atoms with Gasteiger partial charge in [-0.15, -0.1) is 0 Å². The van der Waals surface area contributed by atoms with E-state index in [0.717, 1.165) is 10.0 Å². The first kappa shape index (κ1) is 22.0. The number of benzene rings is 2. The number of hydrogen-bond acceptors (Lipinski definition) is 6. The fraction of sp³-hybridized carbons (Fsp3) is 0.211. The van der Waals surface area contributed by atoms with Crippen molar-refractivity contribution in [3.63, 3.8) is 0 Å². The molecule has 0 bridgehead atoms. The largest absolute Gasteiger partial charge is 0.484 e. The van der Waals surface area contributed by atoms with Crippen LogP contribution in [0.4, 0.5) is 11.4 Å². The summed E-state index contributed by atoms with van der Waals surface area (Å²) in [4.78, 5) is 34.3. The van der Waals surface area contributed by atoms with Crippen LogP contribution < -0.4 is 15.5 Å². The van der Waals surface area contributed by atoms with Crippen molar-refractivity contribution in [3.8, 4) is 5.75 Å². The Hall–Kier alpha value is -3.27. The number of ether oxygens (including phenoxy) is 1. The molecule has 2 N–H and O–H groups in total. The number of rotatable bonds is 8. The van der Waals surface area contributed by atoms with Crippen molar-refractivity contribution in [1.82, 2.24) is 5.43 Å². The molecule has 2 aromatic carbocycles. The number of carbonyl (C=O) groups excluding carboxylic acids is 2. The normalized spacial score (nSPS) is 10.9. The van der Waals surface area contributed by atoms with Crippen molar-refractivity contribution in [1.29, 1.82) is 0 Å². The molecule has 0 saturated heterocycles. The minimum atomic E-state index is -0.580. The molecule has 0 aromatic heterocycles. The average molecular weight is 463 g/mol. The number of nitrogens with one attached hydrogen (secondary N) is 2. The predicted octanol–water partition coefficient (Wildman–Crippen LogP) is 3.57. The Balaban J connectivity index is 1.83. The summed E-state index contributed by atoms with van der Waals surface area (Å²) in [5.74, 6) is -0.425. The van der Waals surface area contributed by atoms with E-state index in [2.05, 4.69) is 31.8 Å². The van der Waals surface area contributed by atoms with E-state index in [0.29, 0.717) is 11.5 Å². The molecule has 2 aromatic rings. The van der Waals surface area contributed by atoms with Gasteiger partial charge < -0.3 is 10.1 Å². The number of nitrogens with zero attached hydrogens (tertiary/aromatic N) is 2. The van der Waals surface area contributed by atoms with Gasteiger partial charge in [0.15, 0.2) is 6.61 Å². The average Bonchev–Trinajstić information content (AvgIpc) is 2.67. The van der Waals surface area contributed by atoms with Gasteiger partial charge in [-0.05, 0) is 43.7 Å². The van der Waals surface area contributed by atoms with Gasteiger partial charge in [-0.1, -0.05) is 28.1 Å². The molecule has 0 aliphatic heterocycles. The third-order valence-corrected chi connectivity index (χ3v) is 4.55. The van der Waals surface area contributed by atoms with Gasteiger partial charge in [0.05, 0.1) is 11.3 Å². The third kappa shape index (κ3) is 7.00. The Bertz CT molecular complexity index is 961. The molecule has 10 heteroatoms. The van der Waals surface area contributed by atoms with Crippen LogP contribution >= 0.6 is 15.9 Å². The fourth-order valence-corrected chi connectivity index (χ4v) is 2.50. The number of aryl methyl sites for hydroxylation is 1. The number of anilines is 1. The highest BCUT2D eigenvalue weighted by atomic mass is 79.9. The Morgan fingerprint density at radius 2 is 1.93 bits per heavy atom. The minimum absolute atomic E-state index is 0.0949. The lowest BCUT2D eigenvalue weighted by molar-refractivity contribution is -0.383. The molecule has 2 amide bonds. The second kappa shape index (κ2) is 10.3. The lowest BCUT2D eigenvalue weighted by Gasteiger charge is -2.08. The van der Waals surface area contributed by atoms with E-state index in [9.17, 15) is 19.7 Å². The quantitative estimate of drug-likeness (QED) is 0.352. The zero-order valence-corrected chi connectivity index (χ0v) is 17.4. The van der Waals surface area contributed by atoms with E-state index in [1.165, 1.54) is 18.2 Å². The summed E-state index contributed by atoms with van der Waals surface area (Å²) in [6.07, 6.45) is -0.140. The van der Waals surface area contributed by atoms with Gasteiger partial charge in [0, 0.05) is 16.3 Å². The molecule has 0 aliphatic rings. The van der Waals surface area contributed by atoms with E-state index >= 15 is 0 Å². The summed E-state index contributed by atoms with van der Waals surface area (Å²) < 4.78 is 6.32. The monoisotopic (exact) mass is 462 g/mol.